The molecular formula is C31H39F4N5O5. The number of likely N-dealkylation sites (tertiary alicyclic amines) is 1. The highest BCUT2D eigenvalue weighted by atomic mass is 19.4. The zero-order valence-corrected chi connectivity index (χ0v) is 25.6. The Bertz CT molecular complexity index is 1430. The van der Waals surface area contributed by atoms with Gasteiger partial charge < -0.3 is 25.4 Å². The average Bonchev–Trinajstić information content (AvgIpc) is 3.91. The molecule has 3 N–H and O–H groups in total. The van der Waals surface area contributed by atoms with Crippen LogP contribution < -0.4 is 15.4 Å². The smallest absolute Gasteiger partial charge is 0.408 e. The molecule has 2 heterocycles. The normalized spacial score (nSPS) is 21.6. The lowest BCUT2D eigenvalue weighted by Crippen LogP contribution is -2.50. The van der Waals surface area contributed by atoms with Crippen molar-refractivity contribution in [3.8, 4) is 5.75 Å². The number of benzene rings is 1. The van der Waals surface area contributed by atoms with Gasteiger partial charge in [-0.2, -0.15) is 18.3 Å². The van der Waals surface area contributed by atoms with Crippen molar-refractivity contribution < 1.29 is 41.8 Å². The fourth-order valence-corrected chi connectivity index (χ4v) is 6.49. The van der Waals surface area contributed by atoms with Gasteiger partial charge in [0.15, 0.2) is 0 Å². The molecule has 45 heavy (non-hydrogen) atoms. The van der Waals surface area contributed by atoms with Crippen LogP contribution in [0.5, 0.6) is 5.75 Å². The molecule has 246 valence electrons. The van der Waals surface area contributed by atoms with Crippen molar-refractivity contribution in [2.24, 2.45) is 17.8 Å². The van der Waals surface area contributed by atoms with E-state index in [9.17, 15) is 32.7 Å². The molecule has 3 amide bonds. The topological polar surface area (TPSA) is 126 Å². The van der Waals surface area contributed by atoms with Gasteiger partial charge in [0.05, 0.1) is 24.8 Å². The second-order valence-corrected chi connectivity index (χ2v) is 12.7. The summed E-state index contributed by atoms with van der Waals surface area (Å²) in [4.78, 5) is 40.9. The van der Waals surface area contributed by atoms with Crippen molar-refractivity contribution in [3.05, 3.63) is 41.5 Å². The fraction of sp³-hybridized carbons (Fsp3) is 0.613. The third-order valence-electron chi connectivity index (χ3n) is 9.03. The summed E-state index contributed by atoms with van der Waals surface area (Å²) in [6.45, 7) is 4.59. The van der Waals surface area contributed by atoms with E-state index in [-0.39, 0.29) is 40.8 Å². The van der Waals surface area contributed by atoms with Crippen LogP contribution >= 0.6 is 0 Å². The Hall–Kier alpha value is -3.68. The number of rotatable bonds is 11. The van der Waals surface area contributed by atoms with Gasteiger partial charge in [0.25, 0.3) is 5.91 Å². The molecule has 3 fully saturated rings. The number of nitrogens with one attached hydrogen (secondary N) is 2. The summed E-state index contributed by atoms with van der Waals surface area (Å²) in [6, 6.07) is 0.496. The molecule has 3 aliphatic rings. The highest BCUT2D eigenvalue weighted by molar-refractivity contribution is 6.01. The Kier molecular flexibility index (Phi) is 9.16. The van der Waals surface area contributed by atoms with Gasteiger partial charge in [-0.25, -0.2) is 4.39 Å². The maximum absolute atomic E-state index is 15.6. The van der Waals surface area contributed by atoms with E-state index >= 15 is 4.39 Å². The van der Waals surface area contributed by atoms with Crippen LogP contribution in [0.3, 0.4) is 0 Å². The number of hydrogen-bond donors (Lipinski definition) is 3. The van der Waals surface area contributed by atoms with Gasteiger partial charge in [-0.3, -0.25) is 19.1 Å². The number of methoxy groups -OCH3 is 1. The predicted molar refractivity (Wildman–Crippen MR) is 155 cm³/mol. The van der Waals surface area contributed by atoms with Crippen LogP contribution in [-0.4, -0.2) is 75.5 Å². The van der Waals surface area contributed by atoms with Crippen LogP contribution in [0.25, 0.3) is 0 Å². The number of aliphatic hydroxyl groups excluding tert-OH is 1. The highest BCUT2D eigenvalue weighted by Gasteiger charge is 2.52. The summed E-state index contributed by atoms with van der Waals surface area (Å²) in [5, 5.41) is 19.5. The second-order valence-electron chi connectivity index (χ2n) is 12.7. The van der Waals surface area contributed by atoms with Crippen LogP contribution in [0.15, 0.2) is 24.4 Å². The van der Waals surface area contributed by atoms with Crippen LogP contribution in [0.1, 0.15) is 80.9 Å². The van der Waals surface area contributed by atoms with E-state index in [0.717, 1.165) is 31.7 Å². The summed E-state index contributed by atoms with van der Waals surface area (Å²) < 4.78 is 63.2. The molecule has 1 aromatic carbocycles. The Labute approximate surface area is 258 Å². The van der Waals surface area contributed by atoms with Crippen molar-refractivity contribution >= 4 is 23.4 Å². The van der Waals surface area contributed by atoms with Gasteiger partial charge in [0.2, 0.25) is 11.8 Å². The molecule has 10 nitrogen and oxygen atoms in total. The molecule has 3 unspecified atom stereocenters. The van der Waals surface area contributed by atoms with Crippen LogP contribution in [0, 0.1) is 23.6 Å². The number of carbonyl (C=O) groups excluding carboxylic acids is 3. The molecule has 14 heteroatoms. The second kappa shape index (κ2) is 12.6. The van der Waals surface area contributed by atoms with Gasteiger partial charge >= 0.3 is 6.18 Å². The maximum atomic E-state index is 15.6. The van der Waals surface area contributed by atoms with Crippen molar-refractivity contribution in [1.82, 2.24) is 20.0 Å². The Morgan fingerprint density at radius 2 is 1.73 bits per heavy atom. The number of anilines is 1. The summed E-state index contributed by atoms with van der Waals surface area (Å²) in [5.74, 6) is -3.85. The van der Waals surface area contributed by atoms with Crippen LogP contribution in [-0.2, 0) is 9.59 Å². The van der Waals surface area contributed by atoms with E-state index in [1.165, 1.54) is 26.3 Å². The number of ether oxygens (including phenoxy) is 1. The van der Waals surface area contributed by atoms with Crippen LogP contribution in [0.4, 0.5) is 23.2 Å². The third-order valence-corrected chi connectivity index (χ3v) is 9.03. The molecule has 2 aromatic rings. The molecular weight excluding hydrogens is 598 g/mol. The number of amides is 3. The van der Waals surface area contributed by atoms with Crippen molar-refractivity contribution in [3.63, 3.8) is 0 Å². The minimum atomic E-state index is -4.74. The number of β-amino-alcohol motifs (C(OH)–C–C–N with tert-alkyl or cyclic N) is 1. The number of carbonyl (C=O) groups is 3. The summed E-state index contributed by atoms with van der Waals surface area (Å²) in [7, 11) is 1.26. The lowest BCUT2D eigenvalue weighted by molar-refractivity contribution is -0.183. The number of nitrogens with zero attached hydrogens (tertiary/aromatic N) is 3. The lowest BCUT2D eigenvalue weighted by atomic mass is 9.88. The van der Waals surface area contributed by atoms with E-state index in [4.69, 9.17) is 4.74 Å². The van der Waals surface area contributed by atoms with E-state index in [0.29, 0.717) is 10.6 Å². The number of aromatic nitrogens is 2. The van der Waals surface area contributed by atoms with Crippen molar-refractivity contribution in [2.75, 3.05) is 19.0 Å². The quantitative estimate of drug-likeness (QED) is 0.314. The van der Waals surface area contributed by atoms with Gasteiger partial charge in [0, 0.05) is 36.8 Å². The van der Waals surface area contributed by atoms with Gasteiger partial charge in [-0.05, 0) is 76.3 Å². The Morgan fingerprint density at radius 1 is 1.09 bits per heavy atom. The van der Waals surface area contributed by atoms with Crippen LogP contribution in [0.2, 0.25) is 0 Å². The molecule has 1 aromatic heterocycles. The van der Waals surface area contributed by atoms with Gasteiger partial charge in [-0.1, -0.05) is 0 Å². The minimum absolute atomic E-state index is 0.0130. The first-order chi connectivity index (χ1) is 21.2. The monoisotopic (exact) mass is 637 g/mol. The molecule has 1 aliphatic heterocycles. The molecule has 4 atom stereocenters. The van der Waals surface area contributed by atoms with Crippen molar-refractivity contribution in [2.45, 2.75) is 89.2 Å². The molecule has 1 saturated heterocycles. The molecule has 0 radical (unpaired) electrons. The van der Waals surface area contributed by atoms with Gasteiger partial charge in [0.1, 0.15) is 29.3 Å². The Morgan fingerprint density at radius 3 is 2.29 bits per heavy atom. The van der Waals surface area contributed by atoms with Gasteiger partial charge in [-0.15, -0.1) is 0 Å². The Balaban J connectivity index is 1.39. The minimum Gasteiger partial charge on any atom is -0.496 e. The third kappa shape index (κ3) is 6.95. The average molecular weight is 638 g/mol. The zero-order chi connectivity index (χ0) is 32.8. The first kappa shape index (κ1) is 32.7. The molecule has 0 spiro atoms. The standard InChI is InChI=1S/C31H39F4N5O5/c1-15(2)40-23(9-10-36-40)28(42)38-27(26(17-5-6-17)18-7-8-18)29(43)37-22-13-24(45-4)20(12-21(22)32)16(3)30(44)39-14-19(41)11-25(39)31(33,34)35/h9-10,12-13,15-19,25-27,41H,5-8,11,14H2,1-4H3,(H,37,43)(H,38,42)/t16?,19?,25?,27-/m0/s1. The summed E-state index contributed by atoms with van der Waals surface area (Å²) >= 11 is 0. The van der Waals surface area contributed by atoms with Crippen molar-refractivity contribution in [1.29, 1.82) is 0 Å². The number of aliphatic hydroxyl groups is 1. The van der Waals surface area contributed by atoms with E-state index in [1.807, 2.05) is 13.8 Å². The molecule has 2 aliphatic carbocycles. The number of halogens is 4. The first-order valence-electron chi connectivity index (χ1n) is 15.3. The van der Waals surface area contributed by atoms with E-state index in [1.54, 1.807) is 10.7 Å². The lowest BCUT2D eigenvalue weighted by Gasteiger charge is -2.29. The first-order valence-corrected chi connectivity index (χ1v) is 15.3. The fourth-order valence-electron chi connectivity index (χ4n) is 6.49. The summed E-state index contributed by atoms with van der Waals surface area (Å²) in [6.07, 6.45) is -1.50. The summed E-state index contributed by atoms with van der Waals surface area (Å²) in [5.41, 5.74) is 0.0186. The SMILES string of the molecule is COc1cc(NC(=O)[C@@H](NC(=O)c2ccnn2C(C)C)C(C2CC2)C2CC2)c(F)cc1C(C)C(=O)N1CC(O)CC1C(F)(F)F. The largest absolute Gasteiger partial charge is 0.496 e. The maximum Gasteiger partial charge on any atom is 0.408 e. The number of hydrogen-bond acceptors (Lipinski definition) is 6. The molecule has 0 bridgehead atoms. The highest BCUT2D eigenvalue weighted by Crippen LogP contribution is 2.51. The number of alkyl halides is 3. The zero-order valence-electron chi connectivity index (χ0n) is 25.6. The molecule has 5 rings (SSSR count). The van der Waals surface area contributed by atoms with E-state index < -0.39 is 66.8 Å². The van der Waals surface area contributed by atoms with E-state index in [2.05, 4.69) is 15.7 Å². The molecule has 2 saturated carbocycles. The predicted octanol–water partition coefficient (Wildman–Crippen LogP) is 4.41.